The predicted molar refractivity (Wildman–Crippen MR) is 141 cm³/mol. The van der Waals surface area contributed by atoms with Crippen LogP contribution in [0.2, 0.25) is 0 Å². The molecule has 0 radical (unpaired) electrons. The Morgan fingerprint density at radius 1 is 1.03 bits per heavy atom. The van der Waals surface area contributed by atoms with Crippen molar-refractivity contribution in [3.05, 3.63) is 61.0 Å². The molecule has 33 heavy (non-hydrogen) atoms. The van der Waals surface area contributed by atoms with E-state index in [2.05, 4.69) is 72.6 Å². The molecule has 172 valence electrons. The molecule has 2 aromatic carbocycles. The maximum atomic E-state index is 5.12. The zero-order valence-electron chi connectivity index (χ0n) is 19.6. The summed E-state index contributed by atoms with van der Waals surface area (Å²) < 4.78 is 0. The second-order valence-electron chi connectivity index (χ2n) is 9.98. The van der Waals surface area contributed by atoms with Crippen LogP contribution in [0.5, 0.6) is 0 Å². The third-order valence-corrected chi connectivity index (χ3v) is 12.6. The molecule has 0 bridgehead atoms. The van der Waals surface area contributed by atoms with Gasteiger partial charge in [-0.15, -0.1) is 6.54 Å². The van der Waals surface area contributed by atoms with Gasteiger partial charge < -0.3 is 17.1 Å². The Morgan fingerprint density at radius 3 is 2.36 bits per heavy atom. The standard InChI is InChI=1S/C28H34N3S.U/c1-3-20-6-11-25-27(14-20)30-26(21-7-9-24(10-8-21)29-4-2)15-28(25)31-16-22-18-32(12-5-13-32)19-23(22)17-31;/h6-11,14-15,22-23,29H,2-5,12-13,16-19H2,1H3;/q-1;. The molecule has 1 spiro atoms. The monoisotopic (exact) mass is 682 g/mol. The van der Waals surface area contributed by atoms with E-state index in [1.807, 2.05) is 0 Å². The predicted octanol–water partition coefficient (Wildman–Crippen LogP) is 5.98. The van der Waals surface area contributed by atoms with Crippen LogP contribution < -0.4 is 10.2 Å². The molecule has 3 fully saturated rings. The van der Waals surface area contributed by atoms with Crippen molar-refractivity contribution in [3.63, 3.8) is 0 Å². The van der Waals surface area contributed by atoms with Crippen molar-refractivity contribution in [2.75, 3.05) is 52.9 Å². The average molecular weight is 683 g/mol. The molecule has 4 heterocycles. The van der Waals surface area contributed by atoms with Crippen LogP contribution in [0.1, 0.15) is 18.9 Å². The van der Waals surface area contributed by atoms with E-state index in [0.29, 0.717) is 6.54 Å². The summed E-state index contributed by atoms with van der Waals surface area (Å²) in [5.74, 6) is 8.07. The normalized spacial score (nSPS) is 23.8. The van der Waals surface area contributed by atoms with Gasteiger partial charge in [0.05, 0.1) is 11.2 Å². The number of benzene rings is 2. The zero-order chi connectivity index (χ0) is 21.7. The quantitative estimate of drug-likeness (QED) is 0.336. The number of hydrogen-bond donors (Lipinski definition) is 1. The maximum Gasteiger partial charge on any atom is 0.0733 e. The van der Waals surface area contributed by atoms with Crippen molar-refractivity contribution < 1.29 is 31.1 Å². The Labute approximate surface area is 223 Å². The summed E-state index contributed by atoms with van der Waals surface area (Å²) in [6.07, 6.45) is 2.54. The van der Waals surface area contributed by atoms with E-state index in [-0.39, 0.29) is 41.1 Å². The van der Waals surface area contributed by atoms with Crippen molar-refractivity contribution in [1.82, 2.24) is 4.98 Å². The SMILES string of the molecule is [CH2-]CNc1ccc(-c2cc(N3CC4CS5(CCC5)CC4C3)c3ccc(CC)cc3n2)cc1.[U]. The number of nitrogens with one attached hydrogen (secondary N) is 1. The van der Waals surface area contributed by atoms with Gasteiger partial charge in [-0.3, -0.25) is 0 Å². The number of aryl methyl sites for hydroxylation is 1. The molecule has 1 aromatic heterocycles. The summed E-state index contributed by atoms with van der Waals surface area (Å²) in [7, 11) is -0.187. The number of hydrogen-bond acceptors (Lipinski definition) is 3. The molecule has 3 aliphatic rings. The van der Waals surface area contributed by atoms with Crippen molar-refractivity contribution in [2.24, 2.45) is 11.8 Å². The van der Waals surface area contributed by atoms with Gasteiger partial charge >= 0.3 is 0 Å². The topological polar surface area (TPSA) is 28.2 Å². The fourth-order valence-corrected chi connectivity index (χ4v) is 10.6. The molecule has 1 N–H and O–H groups in total. The number of nitrogens with zero attached hydrogens (tertiary/aromatic N) is 2. The number of pyridine rings is 1. The minimum Gasteiger partial charge on any atom is -0.415 e. The number of rotatable bonds is 5. The van der Waals surface area contributed by atoms with Crippen LogP contribution in [-0.2, 0) is 6.42 Å². The Kier molecular flexibility index (Phi) is 6.78. The fraction of sp³-hybridized carbons (Fsp3) is 0.429. The Hall–Kier alpha value is -1.15. The molecule has 0 saturated carbocycles. The number of aromatic nitrogens is 1. The van der Waals surface area contributed by atoms with Crippen LogP contribution in [0, 0.1) is 49.9 Å². The van der Waals surface area contributed by atoms with Gasteiger partial charge in [0, 0.05) is 66.5 Å². The molecule has 3 aliphatic heterocycles. The van der Waals surface area contributed by atoms with E-state index in [0.717, 1.165) is 35.2 Å². The maximum absolute atomic E-state index is 5.12. The Bertz CT molecular complexity index is 1130. The van der Waals surface area contributed by atoms with Crippen LogP contribution in [0.15, 0.2) is 48.5 Å². The Balaban J connectivity index is 0.00000228. The number of anilines is 2. The van der Waals surface area contributed by atoms with Crippen molar-refractivity contribution in [1.29, 1.82) is 0 Å². The number of fused-ring (bicyclic) bond motifs is 2. The molecule has 6 rings (SSSR count). The second kappa shape index (κ2) is 9.48. The van der Waals surface area contributed by atoms with Gasteiger partial charge in [-0.05, 0) is 77.5 Å². The van der Waals surface area contributed by atoms with E-state index in [4.69, 9.17) is 4.98 Å². The molecule has 5 heteroatoms. The van der Waals surface area contributed by atoms with E-state index in [9.17, 15) is 0 Å². The van der Waals surface area contributed by atoms with Gasteiger partial charge in [-0.25, -0.2) is 15.0 Å². The first kappa shape index (κ1) is 23.6. The molecule has 2 unspecified atom stereocenters. The summed E-state index contributed by atoms with van der Waals surface area (Å²) in [5, 5.41) is 4.60. The summed E-state index contributed by atoms with van der Waals surface area (Å²) in [5.41, 5.74) is 7.26. The summed E-state index contributed by atoms with van der Waals surface area (Å²) in [4.78, 5) is 7.82. The van der Waals surface area contributed by atoms with Crippen molar-refractivity contribution in [3.8, 4) is 11.3 Å². The van der Waals surface area contributed by atoms with E-state index in [1.54, 1.807) is 23.0 Å². The van der Waals surface area contributed by atoms with Gasteiger partial charge in [0.2, 0.25) is 0 Å². The first-order valence-electron chi connectivity index (χ1n) is 12.2. The smallest absolute Gasteiger partial charge is 0.0733 e. The van der Waals surface area contributed by atoms with Crippen LogP contribution in [0.3, 0.4) is 0 Å². The van der Waals surface area contributed by atoms with Gasteiger partial charge in [-0.1, -0.05) is 31.2 Å². The second-order valence-corrected chi connectivity index (χ2v) is 13.9. The molecule has 3 aromatic rings. The van der Waals surface area contributed by atoms with Crippen LogP contribution >= 0.6 is 10.0 Å². The summed E-state index contributed by atoms with van der Waals surface area (Å²) >= 11 is 0. The first-order valence-corrected chi connectivity index (χ1v) is 14.5. The van der Waals surface area contributed by atoms with Crippen LogP contribution in [0.4, 0.5) is 11.4 Å². The average Bonchev–Trinajstić information content (AvgIpc) is 3.35. The van der Waals surface area contributed by atoms with Crippen LogP contribution in [-0.4, -0.2) is 47.6 Å². The van der Waals surface area contributed by atoms with Crippen molar-refractivity contribution in [2.45, 2.75) is 19.8 Å². The van der Waals surface area contributed by atoms with Gasteiger partial charge in [0.25, 0.3) is 0 Å². The zero-order valence-corrected chi connectivity index (χ0v) is 24.6. The van der Waals surface area contributed by atoms with Crippen molar-refractivity contribution >= 4 is 32.3 Å². The summed E-state index contributed by atoms with van der Waals surface area (Å²) in [6.45, 7) is 9.27. The van der Waals surface area contributed by atoms with E-state index >= 15 is 0 Å². The first-order chi connectivity index (χ1) is 15.7. The minimum absolute atomic E-state index is 0. The van der Waals surface area contributed by atoms with Gasteiger partial charge in [0.15, 0.2) is 0 Å². The third kappa shape index (κ3) is 4.35. The molecular formula is C28H34N3SU-. The summed E-state index contributed by atoms with van der Waals surface area (Å²) in [6, 6.07) is 17.9. The molecular weight excluding hydrogens is 648 g/mol. The third-order valence-electron chi connectivity index (χ3n) is 7.98. The molecule has 2 atom stereocenters. The molecule has 3 saturated heterocycles. The van der Waals surface area contributed by atoms with E-state index < -0.39 is 0 Å². The van der Waals surface area contributed by atoms with Gasteiger partial charge in [0.1, 0.15) is 0 Å². The molecule has 0 aliphatic carbocycles. The van der Waals surface area contributed by atoms with E-state index in [1.165, 1.54) is 41.7 Å². The molecule has 0 amide bonds. The minimum atomic E-state index is -0.187. The van der Waals surface area contributed by atoms with Crippen LogP contribution in [0.25, 0.3) is 22.2 Å². The fourth-order valence-electron chi connectivity index (χ4n) is 6.16. The Morgan fingerprint density at radius 2 is 1.76 bits per heavy atom. The van der Waals surface area contributed by atoms with Gasteiger partial charge in [-0.2, -0.15) is 0 Å². The molecule has 3 nitrogen and oxygen atoms in total. The largest absolute Gasteiger partial charge is 0.415 e.